The molecule has 0 saturated heterocycles. The minimum absolute atomic E-state index is 0.00720. The fourth-order valence-corrected chi connectivity index (χ4v) is 2.20. The Morgan fingerprint density at radius 1 is 1.40 bits per heavy atom. The molecule has 0 saturated carbocycles. The summed E-state index contributed by atoms with van der Waals surface area (Å²) in [6, 6.07) is 2.81. The number of hydrogen-bond donors (Lipinski definition) is 2. The van der Waals surface area contributed by atoms with E-state index in [1.54, 1.807) is 0 Å². The predicted octanol–water partition coefficient (Wildman–Crippen LogP) is 4.26. The Morgan fingerprint density at radius 3 is 2.65 bits per heavy atom. The third-order valence-electron chi connectivity index (χ3n) is 2.26. The van der Waals surface area contributed by atoms with Crippen LogP contribution in [0.4, 0.5) is 24.0 Å². The Morgan fingerprint density at radius 2 is 2.10 bits per heavy atom. The SMILES string of the molecule is O=C(O)c1csc(Nc2cc(C(F)(F)F)ccc2Cl)n1. The summed E-state index contributed by atoms with van der Waals surface area (Å²) in [6.45, 7) is 0. The van der Waals surface area contributed by atoms with Crippen molar-refractivity contribution in [2.75, 3.05) is 5.32 Å². The van der Waals surface area contributed by atoms with Crippen LogP contribution in [-0.2, 0) is 6.18 Å². The van der Waals surface area contributed by atoms with Crippen molar-refractivity contribution in [2.24, 2.45) is 0 Å². The number of anilines is 2. The smallest absolute Gasteiger partial charge is 0.416 e. The van der Waals surface area contributed by atoms with Gasteiger partial charge in [-0.25, -0.2) is 9.78 Å². The van der Waals surface area contributed by atoms with Gasteiger partial charge in [0.1, 0.15) is 0 Å². The molecule has 0 aliphatic rings. The first-order valence-electron chi connectivity index (χ1n) is 5.10. The molecule has 0 bridgehead atoms. The van der Waals surface area contributed by atoms with Gasteiger partial charge in [0.25, 0.3) is 0 Å². The third kappa shape index (κ3) is 3.20. The van der Waals surface area contributed by atoms with Crippen molar-refractivity contribution >= 4 is 39.7 Å². The highest BCUT2D eigenvalue weighted by molar-refractivity contribution is 7.14. The van der Waals surface area contributed by atoms with Crippen molar-refractivity contribution < 1.29 is 23.1 Å². The quantitative estimate of drug-likeness (QED) is 0.886. The van der Waals surface area contributed by atoms with Crippen molar-refractivity contribution in [3.63, 3.8) is 0 Å². The summed E-state index contributed by atoms with van der Waals surface area (Å²) in [4.78, 5) is 14.4. The predicted molar refractivity (Wildman–Crippen MR) is 68.8 cm³/mol. The second kappa shape index (κ2) is 5.29. The van der Waals surface area contributed by atoms with E-state index in [9.17, 15) is 18.0 Å². The zero-order valence-electron chi connectivity index (χ0n) is 9.53. The van der Waals surface area contributed by atoms with Gasteiger partial charge in [-0.05, 0) is 18.2 Å². The number of hydrogen-bond acceptors (Lipinski definition) is 4. The molecule has 0 atom stereocenters. The minimum atomic E-state index is -4.49. The van der Waals surface area contributed by atoms with E-state index in [1.807, 2.05) is 0 Å². The molecular weight excluding hydrogens is 317 g/mol. The van der Waals surface area contributed by atoms with Crippen LogP contribution in [0.1, 0.15) is 16.1 Å². The maximum absolute atomic E-state index is 12.6. The van der Waals surface area contributed by atoms with E-state index in [1.165, 1.54) is 5.38 Å². The van der Waals surface area contributed by atoms with Gasteiger partial charge >= 0.3 is 12.1 Å². The molecule has 2 aromatic rings. The van der Waals surface area contributed by atoms with E-state index >= 15 is 0 Å². The number of nitrogens with zero attached hydrogens (tertiary/aromatic N) is 1. The molecule has 0 unspecified atom stereocenters. The van der Waals surface area contributed by atoms with Crippen LogP contribution in [-0.4, -0.2) is 16.1 Å². The van der Waals surface area contributed by atoms with Gasteiger partial charge in [-0.15, -0.1) is 11.3 Å². The molecule has 0 aliphatic heterocycles. The number of thiazole rings is 1. The normalized spacial score (nSPS) is 11.4. The van der Waals surface area contributed by atoms with Gasteiger partial charge < -0.3 is 10.4 Å². The molecule has 1 aromatic carbocycles. The van der Waals surface area contributed by atoms with E-state index in [0.717, 1.165) is 29.5 Å². The van der Waals surface area contributed by atoms with Gasteiger partial charge in [-0.1, -0.05) is 11.6 Å². The summed E-state index contributed by atoms with van der Waals surface area (Å²) < 4.78 is 37.8. The Balaban J connectivity index is 2.30. The maximum atomic E-state index is 12.6. The van der Waals surface area contributed by atoms with Gasteiger partial charge in [0, 0.05) is 5.38 Å². The van der Waals surface area contributed by atoms with E-state index in [0.29, 0.717) is 0 Å². The lowest BCUT2D eigenvalue weighted by Crippen LogP contribution is -2.05. The molecule has 0 fully saturated rings. The number of carbonyl (C=O) groups is 1. The summed E-state index contributed by atoms with van der Waals surface area (Å²) in [6.07, 6.45) is -4.49. The monoisotopic (exact) mass is 322 g/mol. The molecule has 9 heteroatoms. The van der Waals surface area contributed by atoms with E-state index in [-0.39, 0.29) is 21.5 Å². The summed E-state index contributed by atoms with van der Waals surface area (Å²) >= 11 is 6.75. The molecule has 0 radical (unpaired) electrons. The van der Waals surface area contributed by atoms with Crippen molar-refractivity contribution in [1.82, 2.24) is 4.98 Å². The Bertz CT molecular complexity index is 657. The average molecular weight is 323 g/mol. The summed E-state index contributed by atoms with van der Waals surface area (Å²) in [5.41, 5.74) is -1.05. The highest BCUT2D eigenvalue weighted by Crippen LogP contribution is 2.35. The molecular formula is C11H6ClF3N2O2S. The van der Waals surface area contributed by atoms with E-state index in [4.69, 9.17) is 16.7 Å². The van der Waals surface area contributed by atoms with E-state index < -0.39 is 17.7 Å². The average Bonchev–Trinajstić information content (AvgIpc) is 2.79. The summed E-state index contributed by atoms with van der Waals surface area (Å²) in [7, 11) is 0. The second-order valence-corrected chi connectivity index (χ2v) is 4.93. The van der Waals surface area contributed by atoms with Crippen LogP contribution < -0.4 is 5.32 Å². The van der Waals surface area contributed by atoms with Crippen LogP contribution in [0.5, 0.6) is 0 Å². The molecule has 0 spiro atoms. The largest absolute Gasteiger partial charge is 0.476 e. The first-order valence-corrected chi connectivity index (χ1v) is 6.36. The number of carboxylic acids is 1. The van der Waals surface area contributed by atoms with E-state index in [2.05, 4.69) is 10.3 Å². The number of rotatable bonds is 3. The van der Waals surface area contributed by atoms with Crippen molar-refractivity contribution in [3.8, 4) is 0 Å². The standard InChI is InChI=1S/C11H6ClF3N2O2S/c12-6-2-1-5(11(13,14)15)3-7(6)16-10-17-8(4-20-10)9(18)19/h1-4H,(H,16,17)(H,18,19). The molecule has 2 N–H and O–H groups in total. The van der Waals surface area contributed by atoms with Crippen LogP contribution >= 0.6 is 22.9 Å². The van der Waals surface area contributed by atoms with Crippen molar-refractivity contribution in [3.05, 3.63) is 39.9 Å². The van der Waals surface area contributed by atoms with Crippen LogP contribution in [0.25, 0.3) is 0 Å². The minimum Gasteiger partial charge on any atom is -0.476 e. The van der Waals surface area contributed by atoms with Crippen LogP contribution in [0, 0.1) is 0 Å². The van der Waals surface area contributed by atoms with Gasteiger partial charge in [-0.3, -0.25) is 0 Å². The first kappa shape index (κ1) is 14.6. The number of halogens is 4. The molecule has 106 valence electrons. The molecule has 20 heavy (non-hydrogen) atoms. The second-order valence-electron chi connectivity index (χ2n) is 3.66. The fourth-order valence-electron chi connectivity index (χ4n) is 1.34. The zero-order chi connectivity index (χ0) is 14.9. The summed E-state index contributed by atoms with van der Waals surface area (Å²) in [5, 5.41) is 12.8. The van der Waals surface area contributed by atoms with Crippen LogP contribution in [0.3, 0.4) is 0 Å². The number of nitrogens with one attached hydrogen (secondary N) is 1. The van der Waals surface area contributed by atoms with Crippen molar-refractivity contribution in [1.29, 1.82) is 0 Å². The van der Waals surface area contributed by atoms with Crippen LogP contribution in [0.15, 0.2) is 23.6 Å². The van der Waals surface area contributed by atoms with Crippen LogP contribution in [0.2, 0.25) is 5.02 Å². The number of benzene rings is 1. The zero-order valence-corrected chi connectivity index (χ0v) is 11.1. The number of alkyl halides is 3. The number of aromatic nitrogens is 1. The Kier molecular flexibility index (Phi) is 3.87. The molecule has 2 rings (SSSR count). The lowest BCUT2D eigenvalue weighted by molar-refractivity contribution is -0.137. The molecule has 1 heterocycles. The molecule has 1 aromatic heterocycles. The number of carboxylic acid groups (broad SMARTS) is 1. The van der Waals surface area contributed by atoms with Crippen molar-refractivity contribution in [2.45, 2.75) is 6.18 Å². The van der Waals surface area contributed by atoms with Gasteiger partial charge in [0.2, 0.25) is 0 Å². The fraction of sp³-hybridized carbons (Fsp3) is 0.0909. The van der Waals surface area contributed by atoms with Gasteiger partial charge in [-0.2, -0.15) is 13.2 Å². The topological polar surface area (TPSA) is 62.2 Å². The molecule has 0 amide bonds. The first-order chi connectivity index (χ1) is 9.27. The Hall–Kier alpha value is -1.80. The summed E-state index contributed by atoms with van der Waals surface area (Å²) in [5.74, 6) is -1.22. The highest BCUT2D eigenvalue weighted by atomic mass is 35.5. The highest BCUT2D eigenvalue weighted by Gasteiger charge is 2.31. The van der Waals surface area contributed by atoms with Gasteiger partial charge in [0.05, 0.1) is 16.3 Å². The lowest BCUT2D eigenvalue weighted by atomic mass is 10.2. The lowest BCUT2D eigenvalue weighted by Gasteiger charge is -2.10. The Labute approximate surface area is 119 Å². The maximum Gasteiger partial charge on any atom is 0.416 e. The number of aromatic carboxylic acids is 1. The molecule has 0 aliphatic carbocycles. The molecule has 4 nitrogen and oxygen atoms in total. The third-order valence-corrected chi connectivity index (χ3v) is 3.35. The van der Waals surface area contributed by atoms with Gasteiger partial charge in [0.15, 0.2) is 10.8 Å².